The van der Waals surface area contributed by atoms with Gasteiger partial charge >= 0.3 is 0 Å². The second-order valence-corrected chi connectivity index (χ2v) is 8.74. The molecule has 0 aliphatic rings. The van der Waals surface area contributed by atoms with Gasteiger partial charge in [0.2, 0.25) is 0 Å². The molecule has 4 aromatic rings. The lowest BCUT2D eigenvalue weighted by Crippen LogP contribution is -2.28. The molecule has 2 N–H and O–H groups in total. The van der Waals surface area contributed by atoms with Crippen LogP contribution in [0, 0.1) is 0 Å². The molecule has 1 aromatic heterocycles. The fourth-order valence-corrected chi connectivity index (χ4v) is 4.35. The predicted octanol–water partition coefficient (Wildman–Crippen LogP) is 6.96. The Hall–Kier alpha value is -1.53. The molecule has 6 heteroatoms. The van der Waals surface area contributed by atoms with E-state index in [2.05, 4.69) is 66.0 Å². The van der Waals surface area contributed by atoms with Crippen LogP contribution < -0.4 is 5.32 Å². The van der Waals surface area contributed by atoms with Gasteiger partial charge in [0.25, 0.3) is 0 Å². The maximum absolute atomic E-state index is 10.6. The molecular formula is C21H17Br2ClN2O. The van der Waals surface area contributed by atoms with Crippen LogP contribution in [-0.4, -0.2) is 15.8 Å². The summed E-state index contributed by atoms with van der Waals surface area (Å²) in [5.74, 6) is 0. The van der Waals surface area contributed by atoms with Gasteiger partial charge in [-0.25, -0.2) is 0 Å². The lowest BCUT2D eigenvalue weighted by atomic mass is 10.2. The van der Waals surface area contributed by atoms with Gasteiger partial charge in [-0.2, -0.15) is 0 Å². The van der Waals surface area contributed by atoms with Crippen LogP contribution in [0.2, 0.25) is 5.02 Å². The van der Waals surface area contributed by atoms with E-state index in [1.54, 1.807) is 6.92 Å². The van der Waals surface area contributed by atoms with Crippen molar-refractivity contribution in [3.05, 3.63) is 74.6 Å². The van der Waals surface area contributed by atoms with Crippen LogP contribution in [0.15, 0.2) is 69.6 Å². The first-order valence-corrected chi connectivity index (χ1v) is 10.5. The fourth-order valence-electron chi connectivity index (χ4n) is 3.44. The van der Waals surface area contributed by atoms with E-state index >= 15 is 0 Å². The van der Waals surface area contributed by atoms with E-state index < -0.39 is 6.10 Å². The van der Waals surface area contributed by atoms with Crippen LogP contribution in [0.1, 0.15) is 13.1 Å². The van der Waals surface area contributed by atoms with Crippen LogP contribution in [0.25, 0.3) is 21.8 Å². The number of nitrogens with one attached hydrogen (secondary N) is 1. The molecule has 138 valence electrons. The third-order valence-corrected chi connectivity index (χ3v) is 5.95. The quantitative estimate of drug-likeness (QED) is 0.313. The van der Waals surface area contributed by atoms with Crippen molar-refractivity contribution in [3.63, 3.8) is 0 Å². The number of fused-ring (bicyclic) bond motifs is 3. The molecule has 3 aromatic carbocycles. The molecule has 2 unspecified atom stereocenters. The van der Waals surface area contributed by atoms with Crippen molar-refractivity contribution in [2.45, 2.75) is 19.2 Å². The van der Waals surface area contributed by atoms with Gasteiger partial charge in [0.05, 0.1) is 27.8 Å². The van der Waals surface area contributed by atoms with E-state index in [0.717, 1.165) is 36.4 Å². The van der Waals surface area contributed by atoms with Crippen molar-refractivity contribution in [2.24, 2.45) is 0 Å². The number of hydrogen-bond acceptors (Lipinski definition) is 2. The highest BCUT2D eigenvalue weighted by Gasteiger charge is 2.23. The van der Waals surface area contributed by atoms with Gasteiger partial charge in [-0.3, -0.25) is 0 Å². The molecule has 0 aliphatic carbocycles. The highest BCUT2D eigenvalue weighted by atomic mass is 79.9. The molecule has 1 heterocycles. The number of aromatic nitrogens is 1. The third-order valence-electron chi connectivity index (χ3n) is 4.64. The summed E-state index contributed by atoms with van der Waals surface area (Å²) in [4.78, 5) is 0. The van der Waals surface area contributed by atoms with E-state index in [4.69, 9.17) is 11.6 Å². The number of hydrogen-bond donors (Lipinski definition) is 2. The van der Waals surface area contributed by atoms with Gasteiger partial charge in [-0.15, -0.1) is 0 Å². The summed E-state index contributed by atoms with van der Waals surface area (Å²) in [5, 5.41) is 16.9. The number of anilines is 1. The minimum atomic E-state index is -0.646. The summed E-state index contributed by atoms with van der Waals surface area (Å²) in [6.45, 7) is 1.78. The van der Waals surface area contributed by atoms with Crippen molar-refractivity contribution < 1.29 is 5.11 Å². The normalized spacial score (nSPS) is 13.8. The zero-order valence-electron chi connectivity index (χ0n) is 14.5. The van der Waals surface area contributed by atoms with Crippen molar-refractivity contribution in [1.29, 1.82) is 0 Å². The number of halogens is 3. The van der Waals surface area contributed by atoms with E-state index in [9.17, 15) is 5.11 Å². The largest absolute Gasteiger partial charge is 0.389 e. The minimum Gasteiger partial charge on any atom is -0.389 e. The highest BCUT2D eigenvalue weighted by molar-refractivity contribution is 9.10. The zero-order chi connectivity index (χ0) is 19.1. The Kier molecular flexibility index (Phi) is 5.21. The lowest BCUT2D eigenvalue weighted by Gasteiger charge is -2.26. The SMILES string of the molecule is CC(O)C(Nc1ccccc1Cl)n1c2ccc(Br)cc2c2cc(Br)ccc21. The summed E-state index contributed by atoms with van der Waals surface area (Å²) in [5.41, 5.74) is 2.86. The minimum absolute atomic E-state index is 0.382. The molecule has 0 spiro atoms. The molecule has 4 rings (SSSR count). The first kappa shape index (κ1) is 18.8. The number of benzene rings is 3. The molecule has 0 fully saturated rings. The summed E-state index contributed by atoms with van der Waals surface area (Å²) in [6.07, 6.45) is -1.03. The van der Waals surface area contributed by atoms with Crippen LogP contribution in [0.5, 0.6) is 0 Å². The highest BCUT2D eigenvalue weighted by Crippen LogP contribution is 2.37. The fraction of sp³-hybridized carbons (Fsp3) is 0.143. The van der Waals surface area contributed by atoms with Gasteiger partial charge < -0.3 is 15.0 Å². The van der Waals surface area contributed by atoms with Crippen LogP contribution >= 0.6 is 43.5 Å². The molecule has 27 heavy (non-hydrogen) atoms. The number of aliphatic hydroxyl groups is 1. The molecular weight excluding hydrogens is 492 g/mol. The maximum atomic E-state index is 10.6. The zero-order valence-corrected chi connectivity index (χ0v) is 18.4. The van der Waals surface area contributed by atoms with Gasteiger partial charge in [-0.1, -0.05) is 55.6 Å². The molecule has 0 aliphatic heterocycles. The van der Waals surface area contributed by atoms with E-state index in [-0.39, 0.29) is 6.17 Å². The summed E-state index contributed by atoms with van der Waals surface area (Å²) in [7, 11) is 0. The number of para-hydroxylation sites is 1. The molecule has 3 nitrogen and oxygen atoms in total. The second-order valence-electron chi connectivity index (χ2n) is 6.50. The van der Waals surface area contributed by atoms with Gasteiger partial charge in [0.15, 0.2) is 0 Å². The van der Waals surface area contributed by atoms with Crippen molar-refractivity contribution in [1.82, 2.24) is 4.57 Å². The van der Waals surface area contributed by atoms with Crippen molar-refractivity contribution in [2.75, 3.05) is 5.32 Å². The number of aliphatic hydroxyl groups excluding tert-OH is 1. The topological polar surface area (TPSA) is 37.2 Å². The van der Waals surface area contributed by atoms with E-state index in [1.807, 2.05) is 36.4 Å². The van der Waals surface area contributed by atoms with Gasteiger partial charge in [0, 0.05) is 19.7 Å². The number of nitrogens with zero attached hydrogens (tertiary/aromatic N) is 1. The molecule has 0 radical (unpaired) electrons. The molecule has 0 saturated heterocycles. The van der Waals surface area contributed by atoms with Crippen LogP contribution in [0.4, 0.5) is 5.69 Å². The Morgan fingerprint density at radius 1 is 0.926 bits per heavy atom. The lowest BCUT2D eigenvalue weighted by molar-refractivity contribution is 0.147. The number of rotatable bonds is 4. The Balaban J connectivity index is 1.97. The standard InChI is InChI=1S/C21H17Br2ClN2O/c1-12(27)21(25-18-5-3-2-4-17(18)24)26-19-8-6-13(22)10-15(19)16-11-14(23)7-9-20(16)26/h2-12,21,25,27H,1H3. The Morgan fingerprint density at radius 2 is 1.48 bits per heavy atom. The Labute approximate surface area is 179 Å². The summed E-state index contributed by atoms with van der Waals surface area (Å²) >= 11 is 13.5. The molecule has 0 saturated carbocycles. The second kappa shape index (κ2) is 7.47. The first-order chi connectivity index (χ1) is 13.0. The third kappa shape index (κ3) is 3.49. The molecule has 0 bridgehead atoms. The molecule has 0 amide bonds. The smallest absolute Gasteiger partial charge is 0.130 e. The maximum Gasteiger partial charge on any atom is 0.130 e. The van der Waals surface area contributed by atoms with Crippen LogP contribution in [0.3, 0.4) is 0 Å². The molecule has 2 atom stereocenters. The Bertz CT molecular complexity index is 1080. The average molecular weight is 509 g/mol. The predicted molar refractivity (Wildman–Crippen MR) is 121 cm³/mol. The summed E-state index contributed by atoms with van der Waals surface area (Å²) in [6, 6.07) is 19.9. The van der Waals surface area contributed by atoms with E-state index in [1.165, 1.54) is 0 Å². The van der Waals surface area contributed by atoms with Gasteiger partial charge in [-0.05, 0) is 55.5 Å². The average Bonchev–Trinajstić information content (AvgIpc) is 2.93. The first-order valence-electron chi connectivity index (χ1n) is 8.53. The van der Waals surface area contributed by atoms with Crippen molar-refractivity contribution in [3.8, 4) is 0 Å². The van der Waals surface area contributed by atoms with Crippen LogP contribution in [-0.2, 0) is 0 Å². The Morgan fingerprint density at radius 3 is 2.00 bits per heavy atom. The van der Waals surface area contributed by atoms with Gasteiger partial charge in [0.1, 0.15) is 6.17 Å². The van der Waals surface area contributed by atoms with E-state index in [0.29, 0.717) is 5.02 Å². The van der Waals surface area contributed by atoms with Crippen molar-refractivity contribution >= 4 is 71.0 Å². The monoisotopic (exact) mass is 506 g/mol. The summed E-state index contributed by atoms with van der Waals surface area (Å²) < 4.78 is 4.17.